The number of aromatic amines is 1. The molecule has 116 valence electrons. The number of fused-ring (bicyclic) bond motifs is 2. The molecular formula is C16H20N4O2. The fourth-order valence-electron chi connectivity index (χ4n) is 3.65. The van der Waals surface area contributed by atoms with Gasteiger partial charge in [0.2, 0.25) is 0 Å². The van der Waals surface area contributed by atoms with Crippen LogP contribution in [-0.2, 0) is 4.74 Å². The summed E-state index contributed by atoms with van der Waals surface area (Å²) in [5.74, 6) is 0.0650. The van der Waals surface area contributed by atoms with Gasteiger partial charge in [-0.15, -0.1) is 0 Å². The van der Waals surface area contributed by atoms with E-state index >= 15 is 0 Å². The van der Waals surface area contributed by atoms with Crippen LogP contribution < -0.4 is 0 Å². The van der Waals surface area contributed by atoms with Crippen molar-refractivity contribution in [1.29, 1.82) is 0 Å². The first-order valence-electron chi connectivity index (χ1n) is 7.97. The van der Waals surface area contributed by atoms with E-state index in [0.29, 0.717) is 24.4 Å². The van der Waals surface area contributed by atoms with Crippen LogP contribution in [0.15, 0.2) is 12.3 Å². The van der Waals surface area contributed by atoms with Crippen molar-refractivity contribution < 1.29 is 9.53 Å². The van der Waals surface area contributed by atoms with Gasteiger partial charge in [0, 0.05) is 23.8 Å². The molecule has 1 N–H and O–H groups in total. The molecule has 2 aromatic rings. The number of aryl methyl sites for hydroxylation is 1. The van der Waals surface area contributed by atoms with Crippen molar-refractivity contribution in [3.8, 4) is 0 Å². The highest BCUT2D eigenvalue weighted by Crippen LogP contribution is 2.29. The Hall–Kier alpha value is -1.95. The summed E-state index contributed by atoms with van der Waals surface area (Å²) < 4.78 is 5.85. The van der Waals surface area contributed by atoms with Gasteiger partial charge in [-0.1, -0.05) is 12.8 Å². The molecule has 6 heteroatoms. The number of carbonyl (C=O) groups excluding carboxylic acids is 1. The molecule has 0 spiro atoms. The predicted molar refractivity (Wildman–Crippen MR) is 81.7 cm³/mol. The van der Waals surface area contributed by atoms with Crippen LogP contribution >= 0.6 is 0 Å². The largest absolute Gasteiger partial charge is 0.374 e. The minimum absolute atomic E-state index is 0.0650. The molecule has 1 saturated heterocycles. The van der Waals surface area contributed by atoms with Gasteiger partial charge in [-0.25, -0.2) is 4.98 Å². The SMILES string of the molecule is Cc1[nH]nc2ncc(C(=O)N3CCO[C@@H]4CCCC[C@@H]43)cc12. The Kier molecular flexibility index (Phi) is 3.33. The van der Waals surface area contributed by atoms with E-state index in [4.69, 9.17) is 4.74 Å². The second kappa shape index (κ2) is 5.35. The summed E-state index contributed by atoms with van der Waals surface area (Å²) >= 11 is 0. The van der Waals surface area contributed by atoms with Crippen LogP contribution in [0.1, 0.15) is 41.7 Å². The van der Waals surface area contributed by atoms with Gasteiger partial charge in [0.1, 0.15) is 0 Å². The van der Waals surface area contributed by atoms with Crippen LogP contribution in [0.5, 0.6) is 0 Å². The summed E-state index contributed by atoms with van der Waals surface area (Å²) in [6.45, 7) is 3.24. The van der Waals surface area contributed by atoms with Gasteiger partial charge in [0.25, 0.3) is 5.91 Å². The molecule has 4 rings (SSSR count). The van der Waals surface area contributed by atoms with Gasteiger partial charge < -0.3 is 9.64 Å². The Morgan fingerprint density at radius 1 is 1.41 bits per heavy atom. The number of nitrogens with zero attached hydrogens (tertiary/aromatic N) is 3. The zero-order chi connectivity index (χ0) is 15.1. The van der Waals surface area contributed by atoms with E-state index in [1.165, 1.54) is 12.8 Å². The predicted octanol–water partition coefficient (Wildman–Crippen LogP) is 2.05. The van der Waals surface area contributed by atoms with Crippen molar-refractivity contribution in [2.24, 2.45) is 0 Å². The summed E-state index contributed by atoms with van der Waals surface area (Å²) in [5, 5.41) is 7.94. The van der Waals surface area contributed by atoms with E-state index in [1.54, 1.807) is 6.20 Å². The summed E-state index contributed by atoms with van der Waals surface area (Å²) in [5.41, 5.74) is 2.24. The first-order valence-corrected chi connectivity index (χ1v) is 7.97. The van der Waals surface area contributed by atoms with Crippen molar-refractivity contribution in [2.45, 2.75) is 44.8 Å². The van der Waals surface area contributed by atoms with E-state index in [2.05, 4.69) is 15.2 Å². The van der Waals surface area contributed by atoms with Crippen molar-refractivity contribution in [3.63, 3.8) is 0 Å². The number of morpholine rings is 1. The van der Waals surface area contributed by atoms with Crippen LogP contribution in [0.25, 0.3) is 11.0 Å². The lowest BCUT2D eigenvalue weighted by Gasteiger charge is -2.43. The molecular weight excluding hydrogens is 280 g/mol. The lowest BCUT2D eigenvalue weighted by Crippen LogP contribution is -2.54. The number of H-pyrrole nitrogens is 1. The number of pyridine rings is 1. The fraction of sp³-hybridized carbons (Fsp3) is 0.562. The summed E-state index contributed by atoms with van der Waals surface area (Å²) in [6, 6.07) is 2.12. The lowest BCUT2D eigenvalue weighted by atomic mass is 9.90. The first-order chi connectivity index (χ1) is 10.7. The topological polar surface area (TPSA) is 71.1 Å². The molecule has 2 fully saturated rings. The Morgan fingerprint density at radius 3 is 3.18 bits per heavy atom. The van der Waals surface area contributed by atoms with Gasteiger partial charge >= 0.3 is 0 Å². The number of aromatic nitrogens is 3. The molecule has 0 aromatic carbocycles. The molecule has 1 aliphatic carbocycles. The number of hydrogen-bond acceptors (Lipinski definition) is 4. The molecule has 1 saturated carbocycles. The minimum Gasteiger partial charge on any atom is -0.374 e. The molecule has 2 aromatic heterocycles. The number of ether oxygens (including phenoxy) is 1. The normalized spacial score (nSPS) is 25.2. The van der Waals surface area contributed by atoms with Crippen molar-refractivity contribution in [1.82, 2.24) is 20.1 Å². The van der Waals surface area contributed by atoms with Gasteiger partial charge in [0.15, 0.2) is 5.65 Å². The Morgan fingerprint density at radius 2 is 2.27 bits per heavy atom. The van der Waals surface area contributed by atoms with Crippen LogP contribution in [0.3, 0.4) is 0 Å². The molecule has 0 bridgehead atoms. The zero-order valence-corrected chi connectivity index (χ0v) is 12.7. The summed E-state index contributed by atoms with van der Waals surface area (Å²) in [7, 11) is 0. The van der Waals surface area contributed by atoms with E-state index in [1.807, 2.05) is 17.9 Å². The number of rotatable bonds is 1. The van der Waals surface area contributed by atoms with E-state index in [0.717, 1.165) is 23.9 Å². The highest BCUT2D eigenvalue weighted by atomic mass is 16.5. The van der Waals surface area contributed by atoms with Crippen LogP contribution in [0.4, 0.5) is 0 Å². The zero-order valence-electron chi connectivity index (χ0n) is 12.7. The monoisotopic (exact) mass is 300 g/mol. The van der Waals surface area contributed by atoms with Gasteiger partial charge in [-0.05, 0) is 25.8 Å². The third kappa shape index (κ3) is 2.18. The molecule has 0 unspecified atom stereocenters. The third-order valence-corrected chi connectivity index (χ3v) is 4.84. The Bertz CT molecular complexity index is 709. The number of amides is 1. The van der Waals surface area contributed by atoms with Crippen molar-refractivity contribution in [3.05, 3.63) is 23.5 Å². The summed E-state index contributed by atoms with van der Waals surface area (Å²) in [6.07, 6.45) is 6.32. The Labute approximate surface area is 128 Å². The summed E-state index contributed by atoms with van der Waals surface area (Å²) in [4.78, 5) is 19.2. The van der Waals surface area contributed by atoms with Gasteiger partial charge in [-0.3, -0.25) is 9.89 Å². The highest BCUT2D eigenvalue weighted by Gasteiger charge is 2.37. The van der Waals surface area contributed by atoms with Crippen molar-refractivity contribution in [2.75, 3.05) is 13.2 Å². The van der Waals surface area contributed by atoms with Gasteiger partial charge in [0.05, 0.1) is 24.3 Å². The quantitative estimate of drug-likeness (QED) is 0.875. The van der Waals surface area contributed by atoms with E-state index in [9.17, 15) is 4.79 Å². The molecule has 2 atom stereocenters. The third-order valence-electron chi connectivity index (χ3n) is 4.84. The van der Waals surface area contributed by atoms with Gasteiger partial charge in [-0.2, -0.15) is 5.10 Å². The van der Waals surface area contributed by atoms with Crippen molar-refractivity contribution >= 4 is 16.9 Å². The number of hydrogen-bond donors (Lipinski definition) is 1. The van der Waals surface area contributed by atoms with E-state index < -0.39 is 0 Å². The second-order valence-corrected chi connectivity index (χ2v) is 6.20. The van der Waals surface area contributed by atoms with Crippen LogP contribution in [0.2, 0.25) is 0 Å². The molecule has 1 aliphatic heterocycles. The molecule has 1 amide bonds. The highest BCUT2D eigenvalue weighted by molar-refractivity contribution is 5.97. The molecule has 0 radical (unpaired) electrons. The average Bonchev–Trinajstić information content (AvgIpc) is 2.94. The smallest absolute Gasteiger partial charge is 0.255 e. The molecule has 6 nitrogen and oxygen atoms in total. The number of nitrogens with one attached hydrogen (secondary N) is 1. The number of carbonyl (C=O) groups is 1. The average molecular weight is 300 g/mol. The van der Waals surface area contributed by atoms with Crippen LogP contribution in [0, 0.1) is 6.92 Å². The first kappa shape index (κ1) is 13.7. The lowest BCUT2D eigenvalue weighted by molar-refractivity contribution is -0.0752. The standard InChI is InChI=1S/C16H20N4O2/c1-10-12-8-11(9-17-15(12)19-18-10)16(21)20-6-7-22-14-5-3-2-4-13(14)20/h8-9,13-14H,2-7H2,1H3,(H,17,18,19)/t13-,14+/m0/s1. The van der Waals surface area contributed by atoms with Crippen LogP contribution in [-0.4, -0.2) is 51.3 Å². The minimum atomic E-state index is 0.0650. The maximum Gasteiger partial charge on any atom is 0.255 e. The maximum absolute atomic E-state index is 12.9. The molecule has 22 heavy (non-hydrogen) atoms. The van der Waals surface area contributed by atoms with E-state index in [-0.39, 0.29) is 18.1 Å². The second-order valence-electron chi connectivity index (χ2n) is 6.20. The molecule has 3 heterocycles. The maximum atomic E-state index is 12.9. The Balaban J connectivity index is 1.65. The fourth-order valence-corrected chi connectivity index (χ4v) is 3.65. The molecule has 2 aliphatic rings.